The number of amides is 1. The summed E-state index contributed by atoms with van der Waals surface area (Å²) in [5.41, 5.74) is 3.64. The second kappa shape index (κ2) is 8.69. The topological polar surface area (TPSA) is 78.0 Å². The van der Waals surface area contributed by atoms with E-state index >= 15 is 0 Å². The lowest BCUT2D eigenvalue weighted by Crippen LogP contribution is -2.38. The fourth-order valence-corrected chi connectivity index (χ4v) is 3.78. The molecule has 0 saturated carbocycles. The van der Waals surface area contributed by atoms with Crippen LogP contribution in [-0.2, 0) is 22.5 Å². The highest BCUT2D eigenvalue weighted by Crippen LogP contribution is 2.33. The van der Waals surface area contributed by atoms with Crippen LogP contribution < -0.4 is 9.47 Å². The van der Waals surface area contributed by atoms with E-state index in [4.69, 9.17) is 25.8 Å². The van der Waals surface area contributed by atoms with Gasteiger partial charge in [-0.3, -0.25) is 4.79 Å². The molecule has 154 valence electrons. The number of methoxy groups -OCH3 is 2. The van der Waals surface area contributed by atoms with Crippen molar-refractivity contribution in [2.45, 2.75) is 26.8 Å². The van der Waals surface area contributed by atoms with E-state index in [1.54, 1.807) is 39.0 Å². The minimum atomic E-state index is -0.655. The Morgan fingerprint density at radius 1 is 1.10 bits per heavy atom. The molecule has 7 nitrogen and oxygen atoms in total. The number of ether oxygens (including phenoxy) is 3. The smallest absolute Gasteiger partial charge is 0.342 e. The minimum Gasteiger partial charge on any atom is -0.493 e. The minimum absolute atomic E-state index is 0.0768. The van der Waals surface area contributed by atoms with E-state index in [2.05, 4.69) is 4.98 Å². The van der Waals surface area contributed by atoms with Crippen LogP contribution in [0.15, 0.2) is 18.2 Å². The molecule has 0 radical (unpaired) electrons. The van der Waals surface area contributed by atoms with Gasteiger partial charge in [0.1, 0.15) is 5.15 Å². The Hall–Kier alpha value is -2.80. The number of rotatable bonds is 5. The van der Waals surface area contributed by atoms with Crippen LogP contribution in [0, 0.1) is 13.8 Å². The Kier molecular flexibility index (Phi) is 6.27. The highest BCUT2D eigenvalue weighted by molar-refractivity contribution is 6.32. The number of pyridine rings is 1. The van der Waals surface area contributed by atoms with Gasteiger partial charge in [0.15, 0.2) is 18.1 Å². The molecule has 1 amide bonds. The SMILES string of the molecule is COc1cc2c(cc1OC)CN(C(=O)COC(=O)c1c(C)cc(C)nc1Cl)CC2. The maximum atomic E-state index is 12.6. The van der Waals surface area contributed by atoms with Gasteiger partial charge in [-0.15, -0.1) is 0 Å². The molecular weight excluding hydrogens is 396 g/mol. The Morgan fingerprint density at radius 3 is 2.38 bits per heavy atom. The highest BCUT2D eigenvalue weighted by atomic mass is 35.5. The van der Waals surface area contributed by atoms with Crippen molar-refractivity contribution in [3.63, 3.8) is 0 Å². The molecule has 0 saturated heterocycles. The Balaban J connectivity index is 1.66. The first-order valence-corrected chi connectivity index (χ1v) is 9.54. The molecule has 1 aromatic carbocycles. The average Bonchev–Trinajstić information content (AvgIpc) is 2.69. The van der Waals surface area contributed by atoms with Crippen molar-refractivity contribution in [1.82, 2.24) is 9.88 Å². The molecule has 2 aromatic rings. The number of esters is 1. The van der Waals surface area contributed by atoms with E-state index in [0.717, 1.165) is 11.1 Å². The summed E-state index contributed by atoms with van der Waals surface area (Å²) in [6.07, 6.45) is 0.683. The first kappa shape index (κ1) is 20.9. The molecule has 1 aromatic heterocycles. The number of fused-ring (bicyclic) bond motifs is 1. The molecule has 2 heterocycles. The van der Waals surface area contributed by atoms with Crippen LogP contribution in [0.5, 0.6) is 11.5 Å². The van der Waals surface area contributed by atoms with Gasteiger partial charge in [-0.25, -0.2) is 9.78 Å². The van der Waals surface area contributed by atoms with Gasteiger partial charge >= 0.3 is 5.97 Å². The molecule has 8 heteroatoms. The normalized spacial score (nSPS) is 12.9. The predicted octanol–water partition coefficient (Wildman–Crippen LogP) is 3.11. The monoisotopic (exact) mass is 418 g/mol. The molecule has 29 heavy (non-hydrogen) atoms. The molecular formula is C21H23ClN2O5. The van der Waals surface area contributed by atoms with Crippen molar-refractivity contribution in [2.75, 3.05) is 27.4 Å². The van der Waals surface area contributed by atoms with Gasteiger partial charge in [-0.05, 0) is 55.2 Å². The van der Waals surface area contributed by atoms with Crippen LogP contribution in [0.2, 0.25) is 5.15 Å². The van der Waals surface area contributed by atoms with E-state index in [9.17, 15) is 9.59 Å². The summed E-state index contributed by atoms with van der Waals surface area (Å²) in [5.74, 6) is 0.354. The summed E-state index contributed by atoms with van der Waals surface area (Å²) in [5, 5.41) is 0.0768. The number of carbonyl (C=O) groups is 2. The Labute approximate surface area is 174 Å². The third-order valence-electron chi connectivity index (χ3n) is 4.90. The van der Waals surface area contributed by atoms with E-state index in [1.165, 1.54) is 0 Å². The second-order valence-electron chi connectivity index (χ2n) is 6.86. The standard InChI is InChI=1S/C21H23ClN2O5/c1-12-7-13(2)23-20(22)19(12)21(26)29-11-18(25)24-6-5-14-8-16(27-3)17(28-4)9-15(14)10-24/h7-9H,5-6,10-11H2,1-4H3. The van der Waals surface area contributed by atoms with Crippen LogP contribution in [-0.4, -0.2) is 49.1 Å². The zero-order chi connectivity index (χ0) is 21.1. The largest absolute Gasteiger partial charge is 0.493 e. The highest BCUT2D eigenvalue weighted by Gasteiger charge is 2.25. The fourth-order valence-electron chi connectivity index (χ4n) is 3.42. The van der Waals surface area contributed by atoms with Gasteiger partial charge in [0.05, 0.1) is 19.8 Å². The zero-order valence-corrected chi connectivity index (χ0v) is 17.6. The van der Waals surface area contributed by atoms with Crippen molar-refractivity contribution in [2.24, 2.45) is 0 Å². The van der Waals surface area contributed by atoms with Crippen LogP contribution in [0.25, 0.3) is 0 Å². The summed E-state index contributed by atoms with van der Waals surface area (Å²) in [7, 11) is 3.16. The van der Waals surface area contributed by atoms with E-state index in [1.807, 2.05) is 12.1 Å². The molecule has 0 fully saturated rings. The second-order valence-corrected chi connectivity index (χ2v) is 7.22. The van der Waals surface area contributed by atoms with Crippen molar-refractivity contribution >= 4 is 23.5 Å². The number of aromatic nitrogens is 1. The summed E-state index contributed by atoms with van der Waals surface area (Å²) in [4.78, 5) is 30.7. The molecule has 0 unspecified atom stereocenters. The van der Waals surface area contributed by atoms with Crippen molar-refractivity contribution in [3.05, 3.63) is 51.3 Å². The van der Waals surface area contributed by atoms with Crippen molar-refractivity contribution in [3.8, 4) is 11.5 Å². The molecule has 0 bridgehead atoms. The number of nitrogens with zero attached hydrogens (tertiary/aromatic N) is 2. The molecule has 1 aliphatic rings. The summed E-state index contributed by atoms with van der Waals surface area (Å²) >= 11 is 6.07. The van der Waals surface area contributed by atoms with Gasteiger partial charge in [-0.1, -0.05) is 11.6 Å². The first-order chi connectivity index (χ1) is 13.8. The molecule has 0 spiro atoms. The lowest BCUT2D eigenvalue weighted by molar-refractivity contribution is -0.135. The third kappa shape index (κ3) is 4.45. The molecule has 0 N–H and O–H groups in total. The summed E-state index contributed by atoms with van der Waals surface area (Å²) < 4.78 is 15.9. The molecule has 0 aliphatic carbocycles. The number of aryl methyl sites for hydroxylation is 2. The Bertz CT molecular complexity index is 937. The van der Waals surface area contributed by atoms with Crippen LogP contribution >= 0.6 is 11.6 Å². The summed E-state index contributed by atoms with van der Waals surface area (Å²) in [6, 6.07) is 5.55. The number of benzene rings is 1. The van der Waals surface area contributed by atoms with Gasteiger partial charge in [0.25, 0.3) is 5.91 Å². The van der Waals surface area contributed by atoms with E-state index in [0.29, 0.717) is 42.3 Å². The number of halogens is 1. The van der Waals surface area contributed by atoms with E-state index < -0.39 is 5.97 Å². The van der Waals surface area contributed by atoms with Gasteiger partial charge in [0, 0.05) is 18.8 Å². The van der Waals surface area contributed by atoms with Crippen molar-refractivity contribution in [1.29, 1.82) is 0 Å². The molecule has 0 atom stereocenters. The lowest BCUT2D eigenvalue weighted by atomic mass is 9.99. The van der Waals surface area contributed by atoms with Gasteiger partial charge in [-0.2, -0.15) is 0 Å². The fraction of sp³-hybridized carbons (Fsp3) is 0.381. The first-order valence-electron chi connectivity index (χ1n) is 9.16. The van der Waals surface area contributed by atoms with Crippen LogP contribution in [0.4, 0.5) is 0 Å². The number of hydrogen-bond donors (Lipinski definition) is 0. The maximum absolute atomic E-state index is 12.6. The number of hydrogen-bond acceptors (Lipinski definition) is 6. The van der Waals surface area contributed by atoms with Gasteiger partial charge in [0.2, 0.25) is 0 Å². The van der Waals surface area contributed by atoms with Crippen LogP contribution in [0.3, 0.4) is 0 Å². The molecule has 1 aliphatic heterocycles. The van der Waals surface area contributed by atoms with E-state index in [-0.39, 0.29) is 23.2 Å². The maximum Gasteiger partial charge on any atom is 0.342 e. The third-order valence-corrected chi connectivity index (χ3v) is 5.18. The quantitative estimate of drug-likeness (QED) is 0.548. The predicted molar refractivity (Wildman–Crippen MR) is 108 cm³/mol. The average molecular weight is 419 g/mol. The number of carbonyl (C=O) groups excluding carboxylic acids is 2. The lowest BCUT2D eigenvalue weighted by Gasteiger charge is -2.29. The Morgan fingerprint density at radius 2 is 1.76 bits per heavy atom. The zero-order valence-electron chi connectivity index (χ0n) is 16.9. The summed E-state index contributed by atoms with van der Waals surface area (Å²) in [6.45, 7) is 4.13. The van der Waals surface area contributed by atoms with Gasteiger partial charge < -0.3 is 19.1 Å². The van der Waals surface area contributed by atoms with Crippen molar-refractivity contribution < 1.29 is 23.8 Å². The van der Waals surface area contributed by atoms with Crippen LogP contribution in [0.1, 0.15) is 32.7 Å². The molecule has 3 rings (SSSR count).